The first kappa shape index (κ1) is 11.3. The lowest BCUT2D eigenvalue weighted by Crippen LogP contribution is -2.31. The second kappa shape index (κ2) is 5.04. The van der Waals surface area contributed by atoms with Gasteiger partial charge in [0.05, 0.1) is 6.42 Å². The van der Waals surface area contributed by atoms with Gasteiger partial charge in [0.2, 0.25) is 5.91 Å². The predicted molar refractivity (Wildman–Crippen MR) is 43.3 cm³/mol. The molecule has 0 aromatic heterocycles. The highest BCUT2D eigenvalue weighted by Gasteiger charge is 2.12. The van der Waals surface area contributed by atoms with Crippen LogP contribution in [0.2, 0.25) is 0 Å². The van der Waals surface area contributed by atoms with E-state index in [4.69, 9.17) is 10.9 Å². The van der Waals surface area contributed by atoms with Crippen LogP contribution in [-0.2, 0) is 14.4 Å². The topological polar surface area (TPSA) is 109 Å². The first-order valence-electron chi connectivity index (χ1n) is 3.41. The van der Waals surface area contributed by atoms with E-state index in [9.17, 15) is 14.4 Å². The number of amides is 1. The number of nitrogens with one attached hydrogen (secondary N) is 1. The molecular formula is C7H10N2O4. The molecule has 72 valence electrons. The van der Waals surface area contributed by atoms with E-state index in [1.54, 1.807) is 5.43 Å². The van der Waals surface area contributed by atoms with E-state index in [0.717, 1.165) is 6.08 Å². The molecule has 0 aliphatic carbocycles. The van der Waals surface area contributed by atoms with E-state index in [0.29, 0.717) is 0 Å². The minimum Gasteiger partial charge on any atom is -0.478 e. The average molecular weight is 186 g/mol. The van der Waals surface area contributed by atoms with Gasteiger partial charge >= 0.3 is 5.97 Å². The quantitative estimate of drug-likeness (QED) is 0.225. The van der Waals surface area contributed by atoms with Crippen LogP contribution in [0.5, 0.6) is 0 Å². The van der Waals surface area contributed by atoms with Crippen molar-refractivity contribution in [3.63, 3.8) is 0 Å². The van der Waals surface area contributed by atoms with E-state index in [1.807, 2.05) is 0 Å². The molecule has 0 aromatic rings. The van der Waals surface area contributed by atoms with Crippen LogP contribution < -0.4 is 11.3 Å². The number of nitrogens with two attached hydrogens (primary N) is 1. The Kier molecular flexibility index (Phi) is 4.39. The molecule has 0 bridgehead atoms. The third-order valence-corrected chi connectivity index (χ3v) is 1.16. The van der Waals surface area contributed by atoms with Gasteiger partial charge in [-0.15, -0.1) is 0 Å². The summed E-state index contributed by atoms with van der Waals surface area (Å²) >= 11 is 0. The molecule has 0 saturated carbocycles. The summed E-state index contributed by atoms with van der Waals surface area (Å²) in [6, 6.07) is 0. The number of carbonyl (C=O) groups excluding carboxylic acids is 2. The minimum absolute atomic E-state index is 0.282. The first-order chi connectivity index (χ1) is 5.97. The number of allylic oxidation sites excluding steroid dienone is 1. The van der Waals surface area contributed by atoms with Crippen LogP contribution in [0.15, 0.2) is 11.6 Å². The molecule has 0 atom stereocenters. The number of carboxylic acids is 1. The standard InChI is InChI=1S/C7H10N2O4/c1-4(10)2-5(7(12)13)3-6(11)9-8/h2H,3,8H2,1H3,(H,9,11)(H,12,13)/b5-2-. The molecule has 0 fully saturated rings. The Morgan fingerprint density at radius 3 is 2.31 bits per heavy atom. The minimum atomic E-state index is -1.31. The fraction of sp³-hybridized carbons (Fsp3) is 0.286. The maximum Gasteiger partial charge on any atom is 0.332 e. The zero-order valence-corrected chi connectivity index (χ0v) is 7.03. The third-order valence-electron chi connectivity index (χ3n) is 1.16. The molecule has 0 aromatic carbocycles. The van der Waals surface area contributed by atoms with E-state index in [-0.39, 0.29) is 5.57 Å². The monoisotopic (exact) mass is 186 g/mol. The van der Waals surface area contributed by atoms with Crippen LogP contribution in [0.4, 0.5) is 0 Å². The van der Waals surface area contributed by atoms with Gasteiger partial charge in [0, 0.05) is 5.57 Å². The highest BCUT2D eigenvalue weighted by Crippen LogP contribution is 2.01. The number of carbonyl (C=O) groups is 3. The van der Waals surface area contributed by atoms with Gasteiger partial charge in [-0.2, -0.15) is 0 Å². The molecule has 0 rings (SSSR count). The highest BCUT2D eigenvalue weighted by atomic mass is 16.4. The van der Waals surface area contributed by atoms with Crippen LogP contribution in [0.1, 0.15) is 13.3 Å². The highest BCUT2D eigenvalue weighted by molar-refractivity contribution is 6.01. The van der Waals surface area contributed by atoms with Crippen LogP contribution in [0.25, 0.3) is 0 Å². The number of carboxylic acid groups (broad SMARTS) is 1. The van der Waals surface area contributed by atoms with E-state index >= 15 is 0 Å². The van der Waals surface area contributed by atoms with Gasteiger partial charge in [-0.05, 0) is 13.0 Å². The number of hydrogen-bond acceptors (Lipinski definition) is 4. The molecule has 0 unspecified atom stereocenters. The fourth-order valence-electron chi connectivity index (χ4n) is 0.658. The lowest BCUT2D eigenvalue weighted by atomic mass is 10.1. The van der Waals surface area contributed by atoms with E-state index in [2.05, 4.69) is 0 Å². The van der Waals surface area contributed by atoms with Crippen molar-refractivity contribution in [2.24, 2.45) is 5.84 Å². The van der Waals surface area contributed by atoms with Crippen LogP contribution >= 0.6 is 0 Å². The molecular weight excluding hydrogens is 176 g/mol. The molecule has 6 heteroatoms. The van der Waals surface area contributed by atoms with Crippen molar-refractivity contribution in [3.05, 3.63) is 11.6 Å². The van der Waals surface area contributed by atoms with Gasteiger partial charge in [0.25, 0.3) is 0 Å². The smallest absolute Gasteiger partial charge is 0.332 e. The Labute approximate surface area is 74.4 Å². The Bertz CT molecular complexity index is 270. The fourth-order valence-corrected chi connectivity index (χ4v) is 0.658. The van der Waals surface area contributed by atoms with E-state index < -0.39 is 24.1 Å². The van der Waals surface area contributed by atoms with Crippen LogP contribution in [-0.4, -0.2) is 22.8 Å². The largest absolute Gasteiger partial charge is 0.478 e. The summed E-state index contributed by atoms with van der Waals surface area (Å²) in [5.41, 5.74) is 1.49. The maximum atomic E-state index is 10.7. The summed E-state index contributed by atoms with van der Waals surface area (Å²) in [5, 5.41) is 8.53. The number of aliphatic carboxylic acids is 1. The zero-order chi connectivity index (χ0) is 10.4. The van der Waals surface area contributed by atoms with Gasteiger partial charge in [-0.3, -0.25) is 15.0 Å². The molecule has 0 aliphatic rings. The number of ketones is 1. The van der Waals surface area contributed by atoms with E-state index in [1.165, 1.54) is 6.92 Å². The number of hydrazine groups is 1. The Balaban J connectivity index is 4.54. The van der Waals surface area contributed by atoms with Gasteiger partial charge in [0.15, 0.2) is 5.78 Å². The molecule has 0 spiro atoms. The Morgan fingerprint density at radius 2 is 2.00 bits per heavy atom. The molecule has 4 N–H and O–H groups in total. The summed E-state index contributed by atoms with van der Waals surface area (Å²) in [4.78, 5) is 31.6. The summed E-state index contributed by atoms with van der Waals surface area (Å²) in [7, 11) is 0. The molecule has 13 heavy (non-hydrogen) atoms. The van der Waals surface area contributed by atoms with Crippen molar-refractivity contribution in [1.82, 2.24) is 5.43 Å². The second-order valence-electron chi connectivity index (χ2n) is 2.33. The Hall–Kier alpha value is -1.69. The number of hydrogen-bond donors (Lipinski definition) is 3. The molecule has 0 radical (unpaired) electrons. The van der Waals surface area contributed by atoms with Crippen LogP contribution in [0.3, 0.4) is 0 Å². The van der Waals surface area contributed by atoms with Crippen molar-refractivity contribution >= 4 is 17.7 Å². The summed E-state index contributed by atoms with van der Waals surface area (Å²) < 4.78 is 0. The SMILES string of the molecule is CC(=O)/C=C(/CC(=O)NN)C(=O)O. The zero-order valence-electron chi connectivity index (χ0n) is 7.03. The predicted octanol–water partition coefficient (Wildman–Crippen LogP) is -1.03. The van der Waals surface area contributed by atoms with Gasteiger partial charge < -0.3 is 5.11 Å². The lowest BCUT2D eigenvalue weighted by Gasteiger charge is -1.99. The van der Waals surface area contributed by atoms with Crippen molar-refractivity contribution in [1.29, 1.82) is 0 Å². The van der Waals surface area contributed by atoms with Gasteiger partial charge in [0.1, 0.15) is 0 Å². The Morgan fingerprint density at radius 1 is 1.46 bits per heavy atom. The molecule has 6 nitrogen and oxygen atoms in total. The molecule has 1 amide bonds. The lowest BCUT2D eigenvalue weighted by molar-refractivity contribution is -0.134. The van der Waals surface area contributed by atoms with Crippen molar-refractivity contribution in [2.45, 2.75) is 13.3 Å². The van der Waals surface area contributed by atoms with Crippen LogP contribution in [0, 0.1) is 0 Å². The second-order valence-corrected chi connectivity index (χ2v) is 2.33. The average Bonchev–Trinajstić information content (AvgIpc) is 2.02. The third kappa shape index (κ3) is 4.70. The van der Waals surface area contributed by atoms with Crippen molar-refractivity contribution in [2.75, 3.05) is 0 Å². The molecule has 0 saturated heterocycles. The van der Waals surface area contributed by atoms with Crippen molar-refractivity contribution in [3.8, 4) is 0 Å². The maximum absolute atomic E-state index is 10.7. The van der Waals surface area contributed by atoms with Crippen molar-refractivity contribution < 1.29 is 19.5 Å². The summed E-state index contributed by atoms with van der Waals surface area (Å²) in [5.74, 6) is 2.35. The molecule has 0 heterocycles. The molecule has 0 aliphatic heterocycles. The first-order valence-corrected chi connectivity index (χ1v) is 3.41. The summed E-state index contributed by atoms with van der Waals surface area (Å²) in [6.07, 6.45) is 0.475. The number of rotatable bonds is 4. The van der Waals surface area contributed by atoms with Gasteiger partial charge in [-0.25, -0.2) is 10.6 Å². The normalized spacial score (nSPS) is 10.8. The summed E-state index contributed by atoms with van der Waals surface area (Å²) in [6.45, 7) is 1.20. The van der Waals surface area contributed by atoms with Gasteiger partial charge in [-0.1, -0.05) is 0 Å².